The van der Waals surface area contributed by atoms with Crippen molar-refractivity contribution in [3.63, 3.8) is 0 Å². The van der Waals surface area contributed by atoms with E-state index in [-0.39, 0.29) is 11.5 Å². The first-order valence-corrected chi connectivity index (χ1v) is 6.02. The van der Waals surface area contributed by atoms with Gasteiger partial charge in [0.2, 0.25) is 5.91 Å². The number of amides is 1. The fraction of sp³-hybridized carbons (Fsp3) is 0.917. The molecule has 0 spiro atoms. The molecule has 3 nitrogen and oxygen atoms in total. The number of fused-ring (bicyclic) bond motifs is 2. The summed E-state index contributed by atoms with van der Waals surface area (Å²) in [5.74, 6) is 0.182. The Morgan fingerprint density at radius 2 is 1.87 bits per heavy atom. The molecule has 2 heterocycles. The molecule has 0 aromatic carbocycles. The normalized spacial score (nSPS) is 31.3. The van der Waals surface area contributed by atoms with E-state index < -0.39 is 0 Å². The SMILES string of the molecule is CC.CC.CC(=O)N1C[C@]2(C)C[C@H]1CO2. The van der Waals surface area contributed by atoms with Gasteiger partial charge in [0.15, 0.2) is 0 Å². The summed E-state index contributed by atoms with van der Waals surface area (Å²) < 4.78 is 5.53. The number of rotatable bonds is 0. The first kappa shape index (κ1) is 14.4. The lowest BCUT2D eigenvalue weighted by Gasteiger charge is -2.29. The minimum Gasteiger partial charge on any atom is -0.371 e. The van der Waals surface area contributed by atoms with Crippen LogP contribution in [0.2, 0.25) is 0 Å². The van der Waals surface area contributed by atoms with E-state index in [9.17, 15) is 4.79 Å². The van der Waals surface area contributed by atoms with Gasteiger partial charge in [0.1, 0.15) is 0 Å². The topological polar surface area (TPSA) is 29.5 Å². The second kappa shape index (κ2) is 6.11. The Bertz CT molecular complexity index is 206. The summed E-state index contributed by atoms with van der Waals surface area (Å²) in [5, 5.41) is 0. The molecular weight excluding hydrogens is 190 g/mol. The van der Waals surface area contributed by atoms with Crippen LogP contribution in [0.3, 0.4) is 0 Å². The smallest absolute Gasteiger partial charge is 0.219 e. The predicted molar refractivity (Wildman–Crippen MR) is 62.8 cm³/mol. The van der Waals surface area contributed by atoms with Crippen molar-refractivity contribution in [1.82, 2.24) is 4.90 Å². The average molecular weight is 215 g/mol. The molecule has 0 unspecified atom stereocenters. The van der Waals surface area contributed by atoms with Crippen molar-refractivity contribution in [2.45, 2.75) is 59.6 Å². The minimum atomic E-state index is -0.0314. The summed E-state index contributed by atoms with van der Waals surface area (Å²) in [6, 6.07) is 0.359. The largest absolute Gasteiger partial charge is 0.371 e. The van der Waals surface area contributed by atoms with Crippen LogP contribution in [-0.2, 0) is 9.53 Å². The van der Waals surface area contributed by atoms with E-state index in [0.29, 0.717) is 6.04 Å². The van der Waals surface area contributed by atoms with Gasteiger partial charge in [-0.1, -0.05) is 27.7 Å². The summed E-state index contributed by atoms with van der Waals surface area (Å²) in [4.78, 5) is 13.0. The molecule has 2 aliphatic rings. The van der Waals surface area contributed by atoms with Gasteiger partial charge in [-0.3, -0.25) is 4.79 Å². The molecule has 2 bridgehead atoms. The number of ether oxygens (including phenoxy) is 1. The van der Waals surface area contributed by atoms with E-state index in [1.165, 1.54) is 0 Å². The van der Waals surface area contributed by atoms with Crippen LogP contribution in [0.25, 0.3) is 0 Å². The molecule has 0 N–H and O–H groups in total. The van der Waals surface area contributed by atoms with Gasteiger partial charge in [-0.25, -0.2) is 0 Å². The zero-order valence-corrected chi connectivity index (χ0v) is 11.0. The molecule has 3 heteroatoms. The van der Waals surface area contributed by atoms with Gasteiger partial charge in [0.25, 0.3) is 0 Å². The van der Waals surface area contributed by atoms with Gasteiger partial charge in [-0.15, -0.1) is 0 Å². The summed E-state index contributed by atoms with van der Waals surface area (Å²) in [5.41, 5.74) is -0.0314. The highest BCUT2D eigenvalue weighted by molar-refractivity contribution is 5.74. The van der Waals surface area contributed by atoms with Crippen molar-refractivity contribution < 1.29 is 9.53 Å². The average Bonchev–Trinajstić information content (AvgIpc) is 2.79. The first-order valence-electron chi connectivity index (χ1n) is 6.02. The van der Waals surface area contributed by atoms with Crippen LogP contribution in [0.15, 0.2) is 0 Å². The monoisotopic (exact) mass is 215 g/mol. The number of carbonyl (C=O) groups is 1. The van der Waals surface area contributed by atoms with Crippen LogP contribution >= 0.6 is 0 Å². The highest BCUT2D eigenvalue weighted by Crippen LogP contribution is 2.36. The number of likely N-dealkylation sites (tertiary alicyclic amines) is 1. The molecule has 0 aliphatic carbocycles. The number of nitrogens with zero attached hydrogens (tertiary/aromatic N) is 1. The lowest BCUT2D eigenvalue weighted by molar-refractivity contribution is -0.135. The summed E-state index contributed by atoms with van der Waals surface area (Å²) in [6.45, 7) is 13.2. The van der Waals surface area contributed by atoms with Crippen LogP contribution in [0, 0.1) is 0 Å². The molecule has 2 rings (SSSR count). The van der Waals surface area contributed by atoms with E-state index in [1.807, 2.05) is 32.6 Å². The highest BCUT2D eigenvalue weighted by atomic mass is 16.5. The molecule has 0 aromatic heterocycles. The molecule has 0 aromatic rings. The third-order valence-electron chi connectivity index (χ3n) is 2.64. The van der Waals surface area contributed by atoms with Crippen molar-refractivity contribution in [2.24, 2.45) is 0 Å². The number of hydrogen-bond acceptors (Lipinski definition) is 2. The highest BCUT2D eigenvalue weighted by Gasteiger charge is 2.48. The Hall–Kier alpha value is -0.570. The fourth-order valence-corrected chi connectivity index (χ4v) is 2.08. The van der Waals surface area contributed by atoms with Gasteiger partial charge >= 0.3 is 0 Å². The summed E-state index contributed by atoms with van der Waals surface area (Å²) >= 11 is 0. The van der Waals surface area contributed by atoms with Gasteiger partial charge in [-0.2, -0.15) is 0 Å². The molecular formula is C12H25NO2. The predicted octanol–water partition coefficient (Wildman–Crippen LogP) is 2.45. The van der Waals surface area contributed by atoms with Crippen LogP contribution in [0.4, 0.5) is 0 Å². The lowest BCUT2D eigenvalue weighted by Crippen LogP contribution is -2.43. The molecule has 0 saturated carbocycles. The van der Waals surface area contributed by atoms with Crippen molar-refractivity contribution >= 4 is 5.91 Å². The second-order valence-electron chi connectivity index (χ2n) is 3.77. The molecule has 2 aliphatic heterocycles. The number of morpholine rings is 1. The van der Waals surface area contributed by atoms with Crippen LogP contribution < -0.4 is 0 Å². The maximum absolute atomic E-state index is 11.0. The van der Waals surface area contributed by atoms with E-state index >= 15 is 0 Å². The lowest BCUT2D eigenvalue weighted by atomic mass is 10.1. The van der Waals surface area contributed by atoms with Crippen molar-refractivity contribution in [3.8, 4) is 0 Å². The summed E-state index contributed by atoms with van der Waals surface area (Å²) in [7, 11) is 0. The standard InChI is InChI=1S/C8H13NO2.2C2H6/c1-6(10)9-5-8(2)3-7(9)4-11-8;2*1-2/h7H,3-5H2,1-2H3;2*1-2H3/t7-,8-;;/m0../s1. The molecule has 15 heavy (non-hydrogen) atoms. The molecule has 0 radical (unpaired) electrons. The van der Waals surface area contributed by atoms with Crippen molar-refractivity contribution in [2.75, 3.05) is 13.2 Å². The zero-order chi connectivity index (χ0) is 12.1. The summed E-state index contributed by atoms with van der Waals surface area (Å²) in [6.07, 6.45) is 1.02. The third kappa shape index (κ3) is 3.20. The fourth-order valence-electron chi connectivity index (χ4n) is 2.08. The first-order chi connectivity index (χ1) is 7.11. The Morgan fingerprint density at radius 1 is 1.33 bits per heavy atom. The number of carbonyl (C=O) groups excluding carboxylic acids is 1. The third-order valence-corrected chi connectivity index (χ3v) is 2.64. The van der Waals surface area contributed by atoms with Crippen LogP contribution in [0.1, 0.15) is 48.0 Å². The van der Waals surface area contributed by atoms with E-state index in [2.05, 4.69) is 6.92 Å². The molecule has 1 amide bonds. The quantitative estimate of drug-likeness (QED) is 0.621. The van der Waals surface area contributed by atoms with Gasteiger partial charge in [-0.05, 0) is 6.92 Å². The Kier molecular flexibility index (Phi) is 5.88. The van der Waals surface area contributed by atoms with Crippen molar-refractivity contribution in [1.29, 1.82) is 0 Å². The maximum Gasteiger partial charge on any atom is 0.219 e. The van der Waals surface area contributed by atoms with E-state index in [0.717, 1.165) is 19.6 Å². The molecule has 2 saturated heterocycles. The van der Waals surface area contributed by atoms with Gasteiger partial charge < -0.3 is 9.64 Å². The van der Waals surface area contributed by atoms with E-state index in [4.69, 9.17) is 4.74 Å². The van der Waals surface area contributed by atoms with Gasteiger partial charge in [0, 0.05) is 19.9 Å². The van der Waals surface area contributed by atoms with Crippen molar-refractivity contribution in [3.05, 3.63) is 0 Å². The Labute approximate surface area is 93.8 Å². The maximum atomic E-state index is 11.0. The van der Waals surface area contributed by atoms with Gasteiger partial charge in [0.05, 0.1) is 18.2 Å². The number of hydrogen-bond donors (Lipinski definition) is 0. The molecule has 90 valence electrons. The van der Waals surface area contributed by atoms with E-state index in [1.54, 1.807) is 6.92 Å². The Morgan fingerprint density at radius 3 is 2.07 bits per heavy atom. The molecule has 2 fully saturated rings. The van der Waals surface area contributed by atoms with Crippen LogP contribution in [-0.4, -0.2) is 35.6 Å². The minimum absolute atomic E-state index is 0.0314. The van der Waals surface area contributed by atoms with Crippen LogP contribution in [0.5, 0.6) is 0 Å². The second-order valence-corrected chi connectivity index (χ2v) is 3.77. The Balaban J connectivity index is 0.000000442. The zero-order valence-electron chi connectivity index (χ0n) is 11.0. The molecule has 2 atom stereocenters.